The Labute approximate surface area is 145 Å². The van der Waals surface area contributed by atoms with Gasteiger partial charge >= 0.3 is 0 Å². The van der Waals surface area contributed by atoms with E-state index < -0.39 is 0 Å². The highest BCUT2D eigenvalue weighted by Crippen LogP contribution is 2.35. The number of methoxy groups -OCH3 is 1. The van der Waals surface area contributed by atoms with Crippen molar-refractivity contribution in [1.82, 2.24) is 9.38 Å². The summed E-state index contributed by atoms with van der Waals surface area (Å²) in [5, 5.41) is 9.96. The first-order valence-corrected chi connectivity index (χ1v) is 8.26. The van der Waals surface area contributed by atoms with Crippen LogP contribution in [0.15, 0.2) is 41.2 Å². The molecule has 2 heterocycles. The van der Waals surface area contributed by atoms with Gasteiger partial charge in [-0.3, -0.25) is 4.79 Å². The van der Waals surface area contributed by atoms with Crippen LogP contribution in [-0.4, -0.2) is 21.6 Å². The van der Waals surface area contributed by atoms with Gasteiger partial charge in [-0.2, -0.15) is 0 Å². The minimum atomic E-state index is -0.133. The van der Waals surface area contributed by atoms with Crippen LogP contribution in [0.5, 0.6) is 11.5 Å². The lowest BCUT2D eigenvalue weighted by molar-refractivity contribution is 0.373. The predicted octanol–water partition coefficient (Wildman–Crippen LogP) is 2.82. The zero-order chi connectivity index (χ0) is 16.8. The summed E-state index contributed by atoms with van der Waals surface area (Å²) < 4.78 is 7.23. The molecule has 0 fully saturated rings. The lowest BCUT2D eigenvalue weighted by atomic mass is 10.2. The Bertz CT molecular complexity index is 1200. The molecule has 4 rings (SSSR count). The fourth-order valence-electron chi connectivity index (χ4n) is 2.60. The smallest absolute Gasteiger partial charge is 0.274 e. The second-order valence-electron chi connectivity index (χ2n) is 5.19. The molecule has 1 N–H and O–H groups in total. The molecule has 0 atom stereocenters. The minimum absolute atomic E-state index is 0.120. The molecule has 24 heavy (non-hydrogen) atoms. The Balaban J connectivity index is 1.97. The standard InChI is InChI=1S/C17H11ClN2O3S/c1-23-13-7-9(6-10(18)15(13)21)8-14-16(22)20-12-5-3-2-4-11(12)19-17(20)24-14/h2-8,21H,1H3/b14-8-. The number of aromatic nitrogens is 2. The summed E-state index contributed by atoms with van der Waals surface area (Å²) in [6, 6.07) is 10.7. The van der Waals surface area contributed by atoms with Gasteiger partial charge in [0.05, 0.1) is 27.7 Å². The number of phenols is 1. The molecule has 4 aromatic rings. The number of imidazole rings is 1. The first kappa shape index (κ1) is 15.0. The van der Waals surface area contributed by atoms with Gasteiger partial charge in [0.25, 0.3) is 5.56 Å². The van der Waals surface area contributed by atoms with Crippen molar-refractivity contribution in [1.29, 1.82) is 0 Å². The zero-order valence-corrected chi connectivity index (χ0v) is 14.1. The van der Waals surface area contributed by atoms with Crippen molar-refractivity contribution in [3.8, 4) is 11.5 Å². The van der Waals surface area contributed by atoms with Crippen LogP contribution in [-0.2, 0) is 0 Å². The molecule has 0 spiro atoms. The number of benzene rings is 2. The SMILES string of the molecule is COc1cc(/C=c2\sc3nc4ccccc4n3c2=O)cc(Cl)c1O. The second-order valence-corrected chi connectivity index (χ2v) is 6.60. The molecule has 0 aliphatic rings. The van der Waals surface area contributed by atoms with E-state index in [2.05, 4.69) is 4.98 Å². The van der Waals surface area contributed by atoms with Crippen LogP contribution >= 0.6 is 22.9 Å². The number of ether oxygens (including phenoxy) is 1. The van der Waals surface area contributed by atoms with E-state index in [4.69, 9.17) is 16.3 Å². The monoisotopic (exact) mass is 358 g/mol. The maximum atomic E-state index is 12.7. The van der Waals surface area contributed by atoms with Gasteiger partial charge in [0, 0.05) is 0 Å². The summed E-state index contributed by atoms with van der Waals surface area (Å²) in [5.74, 6) is 0.138. The molecule has 2 aromatic carbocycles. The lowest BCUT2D eigenvalue weighted by Crippen LogP contribution is -2.22. The molecule has 0 amide bonds. The van der Waals surface area contributed by atoms with E-state index in [0.717, 1.165) is 11.0 Å². The minimum Gasteiger partial charge on any atom is -0.503 e. The molecule has 0 unspecified atom stereocenters. The summed E-state index contributed by atoms with van der Waals surface area (Å²) in [4.78, 5) is 17.8. The summed E-state index contributed by atoms with van der Waals surface area (Å²) in [7, 11) is 1.44. The van der Waals surface area contributed by atoms with E-state index in [-0.39, 0.29) is 22.1 Å². The Kier molecular flexibility index (Phi) is 3.44. The van der Waals surface area contributed by atoms with Crippen LogP contribution in [0.25, 0.3) is 22.1 Å². The van der Waals surface area contributed by atoms with Crippen LogP contribution in [0, 0.1) is 0 Å². The molecule has 0 aliphatic heterocycles. The predicted molar refractivity (Wildman–Crippen MR) is 95.3 cm³/mol. The van der Waals surface area contributed by atoms with Crippen molar-refractivity contribution in [2.24, 2.45) is 0 Å². The maximum Gasteiger partial charge on any atom is 0.274 e. The number of para-hydroxylation sites is 2. The van der Waals surface area contributed by atoms with Crippen molar-refractivity contribution < 1.29 is 9.84 Å². The molecule has 120 valence electrons. The van der Waals surface area contributed by atoms with E-state index in [1.165, 1.54) is 18.4 Å². The largest absolute Gasteiger partial charge is 0.503 e. The first-order valence-electron chi connectivity index (χ1n) is 7.06. The molecule has 2 aromatic heterocycles. The average Bonchev–Trinajstić information content (AvgIpc) is 3.07. The van der Waals surface area contributed by atoms with Crippen molar-refractivity contribution in [2.75, 3.05) is 7.11 Å². The summed E-state index contributed by atoms with van der Waals surface area (Å²) in [5.41, 5.74) is 2.11. The number of halogens is 1. The van der Waals surface area contributed by atoms with Crippen LogP contribution in [0.2, 0.25) is 5.02 Å². The Morgan fingerprint density at radius 1 is 1.33 bits per heavy atom. The average molecular weight is 359 g/mol. The quantitative estimate of drug-likeness (QED) is 0.598. The third kappa shape index (κ3) is 2.23. The number of thiazole rings is 1. The zero-order valence-electron chi connectivity index (χ0n) is 12.5. The second kappa shape index (κ2) is 5.51. The number of phenolic OH excluding ortho intramolecular Hbond substituents is 1. The summed E-state index contributed by atoms with van der Waals surface area (Å²) >= 11 is 7.30. The number of aromatic hydroxyl groups is 1. The molecule has 0 aliphatic carbocycles. The number of hydrogen-bond acceptors (Lipinski definition) is 5. The molecule has 0 saturated heterocycles. The van der Waals surface area contributed by atoms with Gasteiger partial charge < -0.3 is 9.84 Å². The van der Waals surface area contributed by atoms with E-state index in [9.17, 15) is 9.90 Å². The van der Waals surface area contributed by atoms with Crippen LogP contribution < -0.4 is 14.8 Å². The molecule has 5 nitrogen and oxygen atoms in total. The van der Waals surface area contributed by atoms with Crippen molar-refractivity contribution in [2.45, 2.75) is 0 Å². The van der Waals surface area contributed by atoms with E-state index in [1.54, 1.807) is 22.6 Å². The number of hydrogen-bond donors (Lipinski definition) is 1. The van der Waals surface area contributed by atoms with Crippen LogP contribution in [0.1, 0.15) is 5.56 Å². The van der Waals surface area contributed by atoms with E-state index in [0.29, 0.717) is 15.1 Å². The van der Waals surface area contributed by atoms with Gasteiger partial charge in [0.1, 0.15) is 0 Å². The highest BCUT2D eigenvalue weighted by molar-refractivity contribution is 7.15. The topological polar surface area (TPSA) is 63.8 Å². The van der Waals surface area contributed by atoms with Crippen LogP contribution in [0.4, 0.5) is 0 Å². The normalized spacial score (nSPS) is 12.3. The number of nitrogens with zero attached hydrogens (tertiary/aromatic N) is 2. The molecule has 0 saturated carbocycles. The number of rotatable bonds is 2. The molecule has 7 heteroatoms. The third-order valence-electron chi connectivity index (χ3n) is 3.71. The van der Waals surface area contributed by atoms with Gasteiger partial charge in [-0.15, -0.1) is 0 Å². The Morgan fingerprint density at radius 3 is 2.92 bits per heavy atom. The fourth-order valence-corrected chi connectivity index (χ4v) is 3.80. The van der Waals surface area contributed by atoms with Gasteiger partial charge in [0.15, 0.2) is 16.5 Å². The highest BCUT2D eigenvalue weighted by atomic mass is 35.5. The molecule has 0 bridgehead atoms. The molecule has 0 radical (unpaired) electrons. The highest BCUT2D eigenvalue weighted by Gasteiger charge is 2.12. The van der Waals surface area contributed by atoms with E-state index >= 15 is 0 Å². The first-order chi connectivity index (χ1) is 11.6. The van der Waals surface area contributed by atoms with Crippen LogP contribution in [0.3, 0.4) is 0 Å². The summed E-state index contributed by atoms with van der Waals surface area (Å²) in [6.45, 7) is 0. The maximum absolute atomic E-state index is 12.7. The van der Waals surface area contributed by atoms with Gasteiger partial charge in [-0.1, -0.05) is 35.1 Å². The lowest BCUT2D eigenvalue weighted by Gasteiger charge is -2.05. The fraction of sp³-hybridized carbons (Fsp3) is 0.0588. The Hall–Kier alpha value is -2.57. The van der Waals surface area contributed by atoms with Gasteiger partial charge in [0.2, 0.25) is 0 Å². The van der Waals surface area contributed by atoms with Crippen molar-refractivity contribution in [3.63, 3.8) is 0 Å². The van der Waals surface area contributed by atoms with E-state index in [1.807, 2.05) is 24.3 Å². The van der Waals surface area contributed by atoms with Crippen molar-refractivity contribution >= 4 is 45.0 Å². The Morgan fingerprint density at radius 2 is 2.12 bits per heavy atom. The van der Waals surface area contributed by atoms with Gasteiger partial charge in [-0.05, 0) is 35.9 Å². The third-order valence-corrected chi connectivity index (χ3v) is 4.97. The van der Waals surface area contributed by atoms with Gasteiger partial charge in [-0.25, -0.2) is 9.38 Å². The molecular formula is C17H11ClN2O3S. The number of fused-ring (bicyclic) bond motifs is 3. The van der Waals surface area contributed by atoms with Crippen molar-refractivity contribution in [3.05, 3.63) is 61.9 Å². The molecular weight excluding hydrogens is 348 g/mol. The summed E-state index contributed by atoms with van der Waals surface area (Å²) in [6.07, 6.45) is 1.71.